The Bertz CT molecular complexity index is 808. The fourth-order valence-corrected chi connectivity index (χ4v) is 3.31. The average Bonchev–Trinajstić information content (AvgIpc) is 2.57. The van der Waals surface area contributed by atoms with E-state index < -0.39 is 11.3 Å². The van der Waals surface area contributed by atoms with Gasteiger partial charge in [-0.05, 0) is 57.4 Å². The Morgan fingerprint density at radius 3 is 2.65 bits per heavy atom. The summed E-state index contributed by atoms with van der Waals surface area (Å²) in [6.07, 6.45) is 2.12. The highest BCUT2D eigenvalue weighted by molar-refractivity contribution is 5.91. The molecule has 1 amide bonds. The van der Waals surface area contributed by atoms with E-state index in [0.717, 1.165) is 16.5 Å². The first kappa shape index (κ1) is 18.4. The number of alkyl halides is 1. The lowest BCUT2D eigenvalue weighted by Crippen LogP contribution is -2.47. The first-order valence-corrected chi connectivity index (χ1v) is 8.96. The van der Waals surface area contributed by atoms with Crippen molar-refractivity contribution >= 4 is 22.7 Å². The first-order valence-electron chi connectivity index (χ1n) is 8.96. The molecule has 6 heteroatoms. The number of halogens is 1. The van der Waals surface area contributed by atoms with Crippen LogP contribution in [-0.2, 0) is 11.2 Å². The predicted octanol–water partition coefficient (Wildman–Crippen LogP) is 4.10. The summed E-state index contributed by atoms with van der Waals surface area (Å²) >= 11 is 0. The van der Waals surface area contributed by atoms with Gasteiger partial charge in [-0.1, -0.05) is 6.07 Å². The molecule has 2 heterocycles. The highest BCUT2D eigenvalue weighted by Crippen LogP contribution is 2.34. The van der Waals surface area contributed by atoms with Gasteiger partial charge >= 0.3 is 6.09 Å². The van der Waals surface area contributed by atoms with Gasteiger partial charge in [-0.2, -0.15) is 0 Å². The molecule has 1 aliphatic rings. The minimum atomic E-state index is -1.37. The number of rotatable bonds is 2. The van der Waals surface area contributed by atoms with Crippen LogP contribution in [0.1, 0.15) is 39.2 Å². The van der Waals surface area contributed by atoms with Crippen LogP contribution in [0.2, 0.25) is 0 Å². The Morgan fingerprint density at radius 1 is 1.31 bits per heavy atom. The maximum atomic E-state index is 15.4. The van der Waals surface area contributed by atoms with E-state index >= 15 is 4.39 Å². The summed E-state index contributed by atoms with van der Waals surface area (Å²) in [6, 6.07) is 7.45. The summed E-state index contributed by atoms with van der Waals surface area (Å²) < 4.78 is 20.7. The molecule has 140 valence electrons. The number of carbonyl (C=O) groups excluding carboxylic acids is 1. The second-order valence-electron chi connectivity index (χ2n) is 8.00. The molecule has 1 aromatic carbocycles. The monoisotopic (exact) mass is 359 g/mol. The number of nitrogens with two attached hydrogens (primary N) is 1. The van der Waals surface area contributed by atoms with E-state index in [0.29, 0.717) is 18.8 Å². The third-order valence-corrected chi connectivity index (χ3v) is 4.74. The van der Waals surface area contributed by atoms with Crippen LogP contribution in [0, 0.1) is 0 Å². The molecule has 2 aromatic rings. The fraction of sp³-hybridized carbons (Fsp3) is 0.500. The lowest BCUT2D eigenvalue weighted by atomic mass is 9.86. The normalized spacial score (nSPS) is 17.3. The second-order valence-corrected chi connectivity index (χ2v) is 8.00. The van der Waals surface area contributed by atoms with Crippen LogP contribution in [0.15, 0.2) is 30.5 Å². The first-order chi connectivity index (χ1) is 12.2. The van der Waals surface area contributed by atoms with E-state index in [2.05, 4.69) is 4.98 Å². The summed E-state index contributed by atoms with van der Waals surface area (Å²) in [4.78, 5) is 18.0. The molecule has 1 fully saturated rings. The molecular weight excluding hydrogens is 333 g/mol. The largest absolute Gasteiger partial charge is 0.444 e. The minimum absolute atomic E-state index is 0.242. The molecule has 1 aliphatic heterocycles. The number of ether oxygens (including phenoxy) is 1. The van der Waals surface area contributed by atoms with Crippen LogP contribution in [0.4, 0.5) is 14.9 Å². The number of pyridine rings is 1. The van der Waals surface area contributed by atoms with Crippen LogP contribution in [0.5, 0.6) is 0 Å². The lowest BCUT2D eigenvalue weighted by molar-refractivity contribution is 0.00342. The van der Waals surface area contributed by atoms with Crippen molar-refractivity contribution < 1.29 is 13.9 Å². The SMILES string of the molecule is CC(C)(C)OC(=O)N1CCC(F)(Cc2ccc3ncccc3c2N)CC1. The standard InChI is InChI=1S/C20H26FN3O2/c1-19(2,3)26-18(25)24-11-8-20(21,9-12-24)13-14-6-7-16-15(17(14)22)5-4-10-23-16/h4-7,10H,8-9,11-13,22H2,1-3H3. The molecule has 0 spiro atoms. The summed E-state index contributed by atoms with van der Waals surface area (Å²) in [6.45, 7) is 6.17. The number of carbonyl (C=O) groups is 1. The molecule has 0 unspecified atom stereocenters. The van der Waals surface area contributed by atoms with E-state index in [1.807, 2.05) is 45.0 Å². The van der Waals surface area contributed by atoms with Gasteiger partial charge in [-0.25, -0.2) is 9.18 Å². The van der Waals surface area contributed by atoms with Crippen molar-refractivity contribution in [1.29, 1.82) is 0 Å². The van der Waals surface area contributed by atoms with Crippen molar-refractivity contribution in [2.45, 2.75) is 51.3 Å². The number of fused-ring (bicyclic) bond motifs is 1. The van der Waals surface area contributed by atoms with Gasteiger partial charge in [-0.3, -0.25) is 4.98 Å². The van der Waals surface area contributed by atoms with Crippen molar-refractivity contribution in [3.05, 3.63) is 36.0 Å². The molecule has 5 nitrogen and oxygen atoms in total. The van der Waals surface area contributed by atoms with Crippen LogP contribution in [-0.4, -0.2) is 40.3 Å². The van der Waals surface area contributed by atoms with Crippen molar-refractivity contribution in [1.82, 2.24) is 9.88 Å². The maximum Gasteiger partial charge on any atom is 0.410 e. The number of benzene rings is 1. The molecule has 0 atom stereocenters. The van der Waals surface area contributed by atoms with Gasteiger partial charge < -0.3 is 15.4 Å². The summed E-state index contributed by atoms with van der Waals surface area (Å²) in [7, 11) is 0. The Morgan fingerprint density at radius 2 is 2.00 bits per heavy atom. The van der Waals surface area contributed by atoms with Crippen LogP contribution in [0.25, 0.3) is 10.9 Å². The Hall–Kier alpha value is -2.37. The molecule has 2 N–H and O–H groups in total. The summed E-state index contributed by atoms with van der Waals surface area (Å²) in [5, 5.41) is 0.847. The van der Waals surface area contributed by atoms with Gasteiger partial charge in [0, 0.05) is 36.8 Å². The van der Waals surface area contributed by atoms with Gasteiger partial charge in [0.2, 0.25) is 0 Å². The lowest BCUT2D eigenvalue weighted by Gasteiger charge is -2.37. The predicted molar refractivity (Wildman–Crippen MR) is 101 cm³/mol. The van der Waals surface area contributed by atoms with Gasteiger partial charge in [0.05, 0.1) is 5.52 Å². The zero-order valence-corrected chi connectivity index (χ0v) is 15.6. The zero-order valence-electron chi connectivity index (χ0n) is 15.6. The quantitative estimate of drug-likeness (QED) is 0.820. The Kier molecular flexibility index (Phi) is 4.78. The summed E-state index contributed by atoms with van der Waals surface area (Å²) in [5.74, 6) is 0. The number of nitrogens with zero attached hydrogens (tertiary/aromatic N) is 2. The molecule has 0 aliphatic carbocycles. The maximum absolute atomic E-state index is 15.4. The number of hydrogen-bond donors (Lipinski definition) is 1. The minimum Gasteiger partial charge on any atom is -0.444 e. The summed E-state index contributed by atoms with van der Waals surface area (Å²) in [5.41, 5.74) is 6.51. The third-order valence-electron chi connectivity index (χ3n) is 4.74. The Labute approximate surface area is 153 Å². The smallest absolute Gasteiger partial charge is 0.410 e. The van der Waals surface area contributed by atoms with Gasteiger partial charge in [0.15, 0.2) is 0 Å². The van der Waals surface area contributed by atoms with E-state index in [1.54, 1.807) is 11.1 Å². The third kappa shape index (κ3) is 4.06. The Balaban J connectivity index is 1.68. The van der Waals surface area contributed by atoms with E-state index in [1.165, 1.54) is 0 Å². The highest BCUT2D eigenvalue weighted by Gasteiger charge is 2.37. The fourth-order valence-electron chi connectivity index (χ4n) is 3.31. The molecule has 0 radical (unpaired) electrons. The van der Waals surface area contributed by atoms with Gasteiger partial charge in [0.25, 0.3) is 0 Å². The molecule has 0 bridgehead atoms. The molecule has 3 rings (SSSR count). The number of nitrogen functional groups attached to an aromatic ring is 1. The van der Waals surface area contributed by atoms with Crippen molar-refractivity contribution in [3.63, 3.8) is 0 Å². The van der Waals surface area contributed by atoms with Gasteiger partial charge in [-0.15, -0.1) is 0 Å². The second kappa shape index (κ2) is 6.74. The molecular formula is C20H26FN3O2. The van der Waals surface area contributed by atoms with Crippen molar-refractivity contribution in [2.24, 2.45) is 0 Å². The highest BCUT2D eigenvalue weighted by atomic mass is 19.1. The molecule has 0 saturated carbocycles. The number of hydrogen-bond acceptors (Lipinski definition) is 4. The van der Waals surface area contributed by atoms with Crippen molar-refractivity contribution in [2.75, 3.05) is 18.8 Å². The number of aromatic nitrogens is 1. The number of piperidine rings is 1. The van der Waals surface area contributed by atoms with Crippen LogP contribution >= 0.6 is 0 Å². The van der Waals surface area contributed by atoms with Crippen LogP contribution < -0.4 is 5.73 Å². The van der Waals surface area contributed by atoms with Gasteiger partial charge in [0.1, 0.15) is 11.3 Å². The average molecular weight is 359 g/mol. The van der Waals surface area contributed by atoms with Crippen molar-refractivity contribution in [3.8, 4) is 0 Å². The molecule has 1 saturated heterocycles. The molecule has 26 heavy (non-hydrogen) atoms. The zero-order chi connectivity index (χ0) is 18.9. The van der Waals surface area contributed by atoms with Crippen LogP contribution in [0.3, 0.4) is 0 Å². The molecule has 1 aromatic heterocycles. The number of likely N-dealkylation sites (tertiary alicyclic amines) is 1. The van der Waals surface area contributed by atoms with E-state index in [9.17, 15) is 4.79 Å². The number of anilines is 1. The van der Waals surface area contributed by atoms with E-state index in [4.69, 9.17) is 10.5 Å². The topological polar surface area (TPSA) is 68.5 Å². The number of amides is 1. The van der Waals surface area contributed by atoms with E-state index in [-0.39, 0.29) is 25.4 Å².